The maximum atomic E-state index is 13.2. The third-order valence-electron chi connectivity index (χ3n) is 5.18. The summed E-state index contributed by atoms with van der Waals surface area (Å²) >= 11 is 5.27. The molecule has 150 valence electrons. The van der Waals surface area contributed by atoms with E-state index >= 15 is 0 Å². The molecule has 1 aromatic heterocycles. The molecule has 1 aliphatic rings. The van der Waals surface area contributed by atoms with Gasteiger partial charge in [0.2, 0.25) is 0 Å². The Kier molecular flexibility index (Phi) is 5.10. The Morgan fingerprint density at radius 3 is 2.23 bits per heavy atom. The number of amides is 2. The molecule has 0 radical (unpaired) electrons. The van der Waals surface area contributed by atoms with Crippen LogP contribution in [0.25, 0.3) is 11.8 Å². The van der Waals surface area contributed by atoms with Crippen molar-refractivity contribution >= 4 is 40.9 Å². The van der Waals surface area contributed by atoms with Gasteiger partial charge in [-0.25, -0.2) is 0 Å². The van der Waals surface area contributed by atoms with E-state index in [1.54, 1.807) is 6.08 Å². The van der Waals surface area contributed by atoms with Gasteiger partial charge in [-0.3, -0.25) is 19.8 Å². The minimum absolute atomic E-state index is 0.0532. The number of carbonyl (C=O) groups excluding carboxylic acids is 2. The van der Waals surface area contributed by atoms with Crippen molar-refractivity contribution in [2.24, 2.45) is 0 Å². The number of hydrogen-bond acceptors (Lipinski definition) is 3. The number of anilines is 1. The molecule has 0 bridgehead atoms. The smallest absolute Gasteiger partial charge is 0.270 e. The van der Waals surface area contributed by atoms with Crippen molar-refractivity contribution in [3.8, 4) is 5.69 Å². The highest BCUT2D eigenvalue weighted by atomic mass is 32.1. The molecule has 5 nitrogen and oxygen atoms in total. The number of carbonyl (C=O) groups is 2. The second-order valence-corrected chi connectivity index (χ2v) is 7.68. The molecule has 6 heteroatoms. The Morgan fingerprint density at radius 1 is 0.900 bits per heavy atom. The van der Waals surface area contributed by atoms with E-state index < -0.39 is 11.8 Å². The Bertz CT molecular complexity index is 1190. The summed E-state index contributed by atoms with van der Waals surface area (Å²) in [5.41, 5.74) is 5.54. The molecule has 0 spiro atoms. The van der Waals surface area contributed by atoms with Crippen LogP contribution in [0.3, 0.4) is 0 Å². The maximum Gasteiger partial charge on any atom is 0.270 e. The normalized spacial score (nSPS) is 15.6. The van der Waals surface area contributed by atoms with Crippen molar-refractivity contribution in [2.75, 3.05) is 4.90 Å². The zero-order valence-electron chi connectivity index (χ0n) is 17.0. The Labute approximate surface area is 180 Å². The highest BCUT2D eigenvalue weighted by Crippen LogP contribution is 2.26. The molecular weight excluding hydrogens is 394 g/mol. The topological polar surface area (TPSA) is 54.3 Å². The van der Waals surface area contributed by atoms with E-state index in [2.05, 4.69) is 9.88 Å². The quantitative estimate of drug-likeness (QED) is 0.396. The predicted molar refractivity (Wildman–Crippen MR) is 123 cm³/mol. The number of hydrogen-bond donors (Lipinski definition) is 1. The molecule has 1 N–H and O–H groups in total. The van der Waals surface area contributed by atoms with Crippen LogP contribution in [-0.2, 0) is 9.59 Å². The second kappa shape index (κ2) is 7.72. The molecule has 0 saturated carbocycles. The average Bonchev–Trinajstić information content (AvgIpc) is 3.00. The van der Waals surface area contributed by atoms with Crippen LogP contribution >= 0.6 is 12.2 Å². The van der Waals surface area contributed by atoms with Crippen molar-refractivity contribution < 1.29 is 9.59 Å². The van der Waals surface area contributed by atoms with Crippen LogP contribution in [0.4, 0.5) is 5.69 Å². The molecule has 2 aromatic carbocycles. The van der Waals surface area contributed by atoms with Crippen molar-refractivity contribution in [3.63, 3.8) is 0 Å². The number of nitrogens with zero attached hydrogens (tertiary/aromatic N) is 2. The highest BCUT2D eigenvalue weighted by Gasteiger charge is 2.34. The lowest BCUT2D eigenvalue weighted by molar-refractivity contribution is -0.122. The summed E-state index contributed by atoms with van der Waals surface area (Å²) in [4.78, 5) is 27.2. The number of rotatable bonds is 3. The first-order chi connectivity index (χ1) is 14.4. The molecule has 1 aliphatic heterocycles. The van der Waals surface area contributed by atoms with Crippen molar-refractivity contribution in [1.29, 1.82) is 0 Å². The number of aromatic nitrogens is 1. The molecule has 3 aromatic rings. The van der Waals surface area contributed by atoms with Gasteiger partial charge < -0.3 is 4.57 Å². The van der Waals surface area contributed by atoms with Gasteiger partial charge in [0.05, 0.1) is 5.69 Å². The molecule has 4 rings (SSSR count). The Hall–Kier alpha value is -3.51. The number of nitrogens with one attached hydrogen (secondary N) is 1. The third-order valence-corrected chi connectivity index (χ3v) is 5.46. The number of thiocarbonyl (C=S) groups is 1. The van der Waals surface area contributed by atoms with Crippen molar-refractivity contribution in [1.82, 2.24) is 9.88 Å². The fourth-order valence-corrected chi connectivity index (χ4v) is 3.93. The Balaban J connectivity index is 1.76. The minimum atomic E-state index is -0.488. The van der Waals surface area contributed by atoms with Crippen LogP contribution in [0.1, 0.15) is 22.5 Å². The van der Waals surface area contributed by atoms with Gasteiger partial charge in [-0.05, 0) is 75.0 Å². The van der Waals surface area contributed by atoms with E-state index in [0.29, 0.717) is 5.69 Å². The molecule has 1 fully saturated rings. The van der Waals surface area contributed by atoms with Crippen LogP contribution in [0.5, 0.6) is 0 Å². The summed E-state index contributed by atoms with van der Waals surface area (Å²) < 4.78 is 2.10. The standard InChI is InChI=1S/C24H21N3O2S/c1-15-9-11-20(12-10-15)27-23(29)21(22(28)25-24(27)30)14-18-13-16(2)26(17(18)3)19-7-5-4-6-8-19/h4-14H,1-3H3,(H,25,28,30). The largest absolute Gasteiger partial charge is 0.318 e. The van der Waals surface area contributed by atoms with E-state index in [1.807, 2.05) is 81.4 Å². The first kappa shape index (κ1) is 19.8. The molecule has 0 unspecified atom stereocenters. The first-order valence-electron chi connectivity index (χ1n) is 9.59. The molecule has 2 heterocycles. The van der Waals surface area contributed by atoms with E-state index in [0.717, 1.165) is 28.2 Å². The fourth-order valence-electron chi connectivity index (χ4n) is 3.65. The van der Waals surface area contributed by atoms with E-state index in [9.17, 15) is 9.59 Å². The number of benzene rings is 2. The molecular formula is C24H21N3O2S. The summed E-state index contributed by atoms with van der Waals surface area (Å²) in [6, 6.07) is 19.4. The Morgan fingerprint density at radius 2 is 1.57 bits per heavy atom. The van der Waals surface area contributed by atoms with E-state index in [4.69, 9.17) is 12.2 Å². The van der Waals surface area contributed by atoms with E-state index in [1.165, 1.54) is 4.90 Å². The van der Waals surface area contributed by atoms with Crippen LogP contribution in [0.15, 0.2) is 66.2 Å². The van der Waals surface area contributed by atoms with Crippen LogP contribution < -0.4 is 10.2 Å². The zero-order valence-corrected chi connectivity index (χ0v) is 17.8. The van der Waals surface area contributed by atoms with Crippen molar-refractivity contribution in [2.45, 2.75) is 20.8 Å². The predicted octanol–water partition coefficient (Wildman–Crippen LogP) is 4.23. The van der Waals surface area contributed by atoms with Gasteiger partial charge in [-0.15, -0.1) is 0 Å². The fraction of sp³-hybridized carbons (Fsp3) is 0.125. The van der Waals surface area contributed by atoms with Gasteiger partial charge in [-0.2, -0.15) is 0 Å². The number of para-hydroxylation sites is 1. The van der Waals surface area contributed by atoms with Gasteiger partial charge in [0.15, 0.2) is 5.11 Å². The SMILES string of the molecule is Cc1ccc(N2C(=O)C(=Cc3cc(C)n(-c4ccccc4)c3C)C(=O)NC2=S)cc1. The average molecular weight is 416 g/mol. The molecule has 0 aliphatic carbocycles. The van der Waals surface area contributed by atoms with Crippen molar-refractivity contribution in [3.05, 3.63) is 88.8 Å². The summed E-state index contributed by atoms with van der Waals surface area (Å²) in [7, 11) is 0. The van der Waals surface area contributed by atoms with Crippen LogP contribution in [-0.4, -0.2) is 21.5 Å². The second-order valence-electron chi connectivity index (χ2n) is 7.29. The van der Waals surface area contributed by atoms with Crippen LogP contribution in [0.2, 0.25) is 0 Å². The number of aryl methyl sites for hydroxylation is 2. The minimum Gasteiger partial charge on any atom is -0.318 e. The molecule has 30 heavy (non-hydrogen) atoms. The monoisotopic (exact) mass is 415 g/mol. The summed E-state index contributed by atoms with van der Waals surface area (Å²) in [6.07, 6.45) is 1.64. The van der Waals surface area contributed by atoms with Gasteiger partial charge in [0.25, 0.3) is 11.8 Å². The lowest BCUT2D eigenvalue weighted by atomic mass is 10.1. The molecule has 0 atom stereocenters. The van der Waals surface area contributed by atoms with Gasteiger partial charge >= 0.3 is 0 Å². The maximum absolute atomic E-state index is 13.2. The van der Waals surface area contributed by atoms with E-state index in [-0.39, 0.29) is 10.7 Å². The molecule has 2 amide bonds. The van der Waals surface area contributed by atoms with Crippen LogP contribution in [0, 0.1) is 20.8 Å². The lowest BCUT2D eigenvalue weighted by Crippen LogP contribution is -2.54. The first-order valence-corrected chi connectivity index (χ1v) is 10.00. The lowest BCUT2D eigenvalue weighted by Gasteiger charge is -2.29. The zero-order chi connectivity index (χ0) is 21.4. The van der Waals surface area contributed by atoms with Gasteiger partial charge in [0.1, 0.15) is 5.57 Å². The van der Waals surface area contributed by atoms with Gasteiger partial charge in [0, 0.05) is 17.1 Å². The summed E-state index contributed by atoms with van der Waals surface area (Å²) in [5, 5.41) is 2.72. The summed E-state index contributed by atoms with van der Waals surface area (Å²) in [5.74, 6) is -0.921. The summed E-state index contributed by atoms with van der Waals surface area (Å²) in [6.45, 7) is 5.94. The third kappa shape index (κ3) is 3.46. The van der Waals surface area contributed by atoms with Gasteiger partial charge in [-0.1, -0.05) is 35.9 Å². The highest BCUT2D eigenvalue weighted by molar-refractivity contribution is 7.80. The molecule has 1 saturated heterocycles.